The van der Waals surface area contributed by atoms with Crippen molar-refractivity contribution in [1.82, 2.24) is 0 Å². The fourth-order valence-corrected chi connectivity index (χ4v) is 3.99. The second kappa shape index (κ2) is 8.60. The van der Waals surface area contributed by atoms with Gasteiger partial charge in [0.2, 0.25) is 0 Å². The Bertz CT molecular complexity index is 953. The first-order chi connectivity index (χ1) is 13.3. The van der Waals surface area contributed by atoms with Gasteiger partial charge in [0.05, 0.1) is 15.9 Å². The minimum Gasteiger partial charge on any atom is -0.490 e. The molecule has 1 N–H and O–H groups in total. The van der Waals surface area contributed by atoms with Crippen LogP contribution in [0.5, 0.6) is 5.75 Å². The summed E-state index contributed by atoms with van der Waals surface area (Å²) >= 11 is 0. The van der Waals surface area contributed by atoms with Crippen LogP contribution in [0.25, 0.3) is 0 Å². The third kappa shape index (κ3) is 5.22. The Labute approximate surface area is 164 Å². The van der Waals surface area contributed by atoms with Gasteiger partial charge in [0.15, 0.2) is 9.84 Å². The van der Waals surface area contributed by atoms with Gasteiger partial charge in [-0.2, -0.15) is 0 Å². The average Bonchev–Trinajstić information content (AvgIpc) is 2.66. The monoisotopic (exact) mass is 404 g/mol. The van der Waals surface area contributed by atoms with Crippen LogP contribution in [0.1, 0.15) is 37.7 Å². The SMILES string of the molecule is CS(=O)(=O)c1ccc(NCc2cccc(OC3CCCCC3)c2)c([N+](=O)[O-])c1. The molecule has 0 amide bonds. The first kappa shape index (κ1) is 20.1. The largest absolute Gasteiger partial charge is 0.490 e. The minimum absolute atomic E-state index is 0.0763. The van der Waals surface area contributed by atoms with Crippen LogP contribution in [0, 0.1) is 10.1 Å². The van der Waals surface area contributed by atoms with Gasteiger partial charge in [-0.05, 0) is 55.5 Å². The topological polar surface area (TPSA) is 98.5 Å². The predicted octanol–water partition coefficient (Wildman–Crippen LogP) is 4.32. The van der Waals surface area contributed by atoms with E-state index in [9.17, 15) is 18.5 Å². The van der Waals surface area contributed by atoms with Crippen LogP contribution in [0.4, 0.5) is 11.4 Å². The third-order valence-corrected chi connectivity index (χ3v) is 5.94. The predicted molar refractivity (Wildman–Crippen MR) is 107 cm³/mol. The molecule has 0 bridgehead atoms. The van der Waals surface area contributed by atoms with Crippen molar-refractivity contribution < 1.29 is 18.1 Å². The molecule has 0 heterocycles. The van der Waals surface area contributed by atoms with Crippen LogP contribution in [-0.2, 0) is 16.4 Å². The van der Waals surface area contributed by atoms with Crippen molar-refractivity contribution in [2.75, 3.05) is 11.6 Å². The molecule has 7 nitrogen and oxygen atoms in total. The summed E-state index contributed by atoms with van der Waals surface area (Å²) in [5.74, 6) is 0.799. The molecule has 0 aromatic heterocycles. The molecule has 1 saturated carbocycles. The van der Waals surface area contributed by atoms with Crippen LogP contribution in [0.2, 0.25) is 0 Å². The molecule has 0 atom stereocenters. The van der Waals surface area contributed by atoms with Crippen molar-refractivity contribution >= 4 is 21.2 Å². The maximum Gasteiger partial charge on any atom is 0.293 e. The van der Waals surface area contributed by atoms with Gasteiger partial charge in [0.1, 0.15) is 11.4 Å². The third-order valence-electron chi connectivity index (χ3n) is 4.83. The smallest absolute Gasteiger partial charge is 0.293 e. The van der Waals surface area contributed by atoms with Crippen LogP contribution in [0.3, 0.4) is 0 Å². The van der Waals surface area contributed by atoms with Crippen molar-refractivity contribution in [3.63, 3.8) is 0 Å². The highest BCUT2D eigenvalue weighted by atomic mass is 32.2. The molecule has 8 heteroatoms. The van der Waals surface area contributed by atoms with Gasteiger partial charge >= 0.3 is 0 Å². The highest BCUT2D eigenvalue weighted by Gasteiger charge is 2.19. The van der Waals surface area contributed by atoms with Crippen molar-refractivity contribution in [3.05, 3.63) is 58.1 Å². The zero-order valence-electron chi connectivity index (χ0n) is 15.8. The number of benzene rings is 2. The molecule has 0 radical (unpaired) electrons. The molecular formula is C20H24N2O5S. The lowest BCUT2D eigenvalue weighted by Crippen LogP contribution is -2.19. The fraction of sp³-hybridized carbons (Fsp3) is 0.400. The van der Waals surface area contributed by atoms with E-state index in [0.717, 1.165) is 36.5 Å². The minimum atomic E-state index is -3.51. The summed E-state index contributed by atoms with van der Waals surface area (Å²) in [5, 5.41) is 14.4. The molecule has 2 aromatic rings. The standard InChI is InChI=1S/C20H24N2O5S/c1-28(25,26)18-10-11-19(20(13-18)22(23)24)21-14-15-6-5-9-17(12-15)27-16-7-3-2-4-8-16/h5-6,9-13,16,21H,2-4,7-8,14H2,1H3. The quantitative estimate of drug-likeness (QED) is 0.545. The molecule has 0 saturated heterocycles. The summed E-state index contributed by atoms with van der Waals surface area (Å²) in [6.45, 7) is 0.362. The second-order valence-electron chi connectivity index (χ2n) is 7.09. The Balaban J connectivity index is 1.71. The number of sulfone groups is 1. The van der Waals surface area contributed by atoms with E-state index in [4.69, 9.17) is 4.74 Å². The normalized spacial score (nSPS) is 15.2. The van der Waals surface area contributed by atoms with Gasteiger partial charge in [-0.1, -0.05) is 18.6 Å². The van der Waals surface area contributed by atoms with Gasteiger partial charge in [-0.25, -0.2) is 8.42 Å². The lowest BCUT2D eigenvalue weighted by atomic mass is 9.98. The first-order valence-corrected chi connectivity index (χ1v) is 11.2. The molecule has 0 spiro atoms. The van der Waals surface area contributed by atoms with E-state index >= 15 is 0 Å². The van der Waals surface area contributed by atoms with Crippen molar-refractivity contribution in [1.29, 1.82) is 0 Å². The van der Waals surface area contributed by atoms with E-state index in [1.165, 1.54) is 31.4 Å². The lowest BCUT2D eigenvalue weighted by Gasteiger charge is -2.23. The van der Waals surface area contributed by atoms with Crippen molar-refractivity contribution in [2.45, 2.75) is 49.6 Å². The Morgan fingerprint density at radius 2 is 1.89 bits per heavy atom. The van der Waals surface area contributed by atoms with E-state index in [2.05, 4.69) is 5.32 Å². The number of nitrogens with zero attached hydrogens (tertiary/aromatic N) is 1. The number of hydrogen-bond donors (Lipinski definition) is 1. The summed E-state index contributed by atoms with van der Waals surface area (Å²) in [6.07, 6.45) is 7.07. The molecular weight excluding hydrogens is 380 g/mol. The highest BCUT2D eigenvalue weighted by Crippen LogP contribution is 2.29. The molecule has 0 unspecified atom stereocenters. The van der Waals surface area contributed by atoms with E-state index in [1.807, 2.05) is 24.3 Å². The lowest BCUT2D eigenvalue weighted by molar-refractivity contribution is -0.384. The number of rotatable bonds is 7. The van der Waals surface area contributed by atoms with E-state index in [1.54, 1.807) is 0 Å². The molecule has 0 aliphatic heterocycles. The fourth-order valence-electron chi connectivity index (χ4n) is 3.34. The second-order valence-corrected chi connectivity index (χ2v) is 9.10. The summed E-state index contributed by atoms with van der Waals surface area (Å²) in [6, 6.07) is 11.5. The molecule has 2 aromatic carbocycles. The average molecular weight is 404 g/mol. The molecule has 1 aliphatic carbocycles. The Morgan fingerprint density at radius 1 is 1.14 bits per heavy atom. The van der Waals surface area contributed by atoms with Crippen molar-refractivity contribution in [3.8, 4) is 5.75 Å². The van der Waals surface area contributed by atoms with Crippen LogP contribution in [-0.4, -0.2) is 25.7 Å². The summed E-state index contributed by atoms with van der Waals surface area (Å²) < 4.78 is 29.3. The number of nitro benzene ring substituents is 1. The Kier molecular flexibility index (Phi) is 6.18. The zero-order valence-corrected chi connectivity index (χ0v) is 16.6. The maximum absolute atomic E-state index is 11.6. The first-order valence-electron chi connectivity index (χ1n) is 9.31. The molecule has 1 fully saturated rings. The summed E-state index contributed by atoms with van der Waals surface area (Å²) in [4.78, 5) is 10.7. The van der Waals surface area contributed by atoms with Crippen LogP contribution in [0.15, 0.2) is 47.4 Å². The van der Waals surface area contributed by atoms with Gasteiger partial charge < -0.3 is 10.1 Å². The Morgan fingerprint density at radius 3 is 2.57 bits per heavy atom. The maximum atomic E-state index is 11.6. The van der Waals surface area contributed by atoms with Crippen LogP contribution < -0.4 is 10.1 Å². The number of hydrogen-bond acceptors (Lipinski definition) is 6. The zero-order chi connectivity index (χ0) is 20.1. The van der Waals surface area contributed by atoms with E-state index in [0.29, 0.717) is 6.54 Å². The molecule has 28 heavy (non-hydrogen) atoms. The van der Waals surface area contributed by atoms with E-state index in [-0.39, 0.29) is 22.4 Å². The van der Waals surface area contributed by atoms with Crippen molar-refractivity contribution in [2.24, 2.45) is 0 Å². The number of ether oxygens (including phenoxy) is 1. The number of anilines is 1. The van der Waals surface area contributed by atoms with Gasteiger partial charge in [-0.3, -0.25) is 10.1 Å². The number of nitro groups is 1. The summed E-state index contributed by atoms with van der Waals surface area (Å²) in [7, 11) is -3.51. The number of nitrogens with one attached hydrogen (secondary N) is 1. The molecule has 150 valence electrons. The molecule has 1 aliphatic rings. The van der Waals surface area contributed by atoms with E-state index < -0.39 is 14.8 Å². The van der Waals surface area contributed by atoms with Gasteiger partial charge in [-0.15, -0.1) is 0 Å². The van der Waals surface area contributed by atoms with Gasteiger partial charge in [0.25, 0.3) is 5.69 Å². The Hall–Kier alpha value is -2.61. The van der Waals surface area contributed by atoms with Gasteiger partial charge in [0, 0.05) is 18.9 Å². The molecule has 3 rings (SSSR count). The van der Waals surface area contributed by atoms with Crippen LogP contribution >= 0.6 is 0 Å². The summed E-state index contributed by atoms with van der Waals surface area (Å²) in [5.41, 5.74) is 0.934. The highest BCUT2D eigenvalue weighted by molar-refractivity contribution is 7.90.